The van der Waals surface area contributed by atoms with Crippen LogP contribution in [0.15, 0.2) is 47.4 Å². The molecule has 19 heavy (non-hydrogen) atoms. The lowest BCUT2D eigenvalue weighted by Gasteiger charge is -2.11. The molecule has 0 aliphatic heterocycles. The van der Waals surface area contributed by atoms with E-state index in [2.05, 4.69) is 0 Å². The van der Waals surface area contributed by atoms with Crippen molar-refractivity contribution in [3.63, 3.8) is 0 Å². The smallest absolute Gasteiger partial charge is 0.319 e. The molecule has 3 rings (SSSR count). The molecule has 0 aromatic heterocycles. The molecule has 0 heterocycles. The Balaban J connectivity index is 1.98. The highest BCUT2D eigenvalue weighted by Crippen LogP contribution is 2.37. The lowest BCUT2D eigenvalue weighted by atomic mass is 10.1. The van der Waals surface area contributed by atoms with Crippen molar-refractivity contribution in [3.8, 4) is 0 Å². The molecule has 4 heteroatoms. The number of carboxylic acids is 1. The summed E-state index contributed by atoms with van der Waals surface area (Å²) in [7, 11) is -1.47. The lowest BCUT2D eigenvalue weighted by molar-refractivity contribution is -0.136. The molecular weight excluding hydrogens is 260 g/mol. The minimum absolute atomic E-state index is 0.0739. The molecule has 2 unspecified atom stereocenters. The maximum atomic E-state index is 12.4. The van der Waals surface area contributed by atoms with Crippen LogP contribution < -0.4 is 0 Å². The third kappa shape index (κ3) is 2.40. The molecule has 1 N–H and O–H groups in total. The van der Waals surface area contributed by atoms with Crippen molar-refractivity contribution in [2.24, 2.45) is 5.92 Å². The van der Waals surface area contributed by atoms with Gasteiger partial charge in [0.15, 0.2) is 0 Å². The van der Waals surface area contributed by atoms with Crippen molar-refractivity contribution in [1.29, 1.82) is 0 Å². The van der Waals surface area contributed by atoms with E-state index >= 15 is 0 Å². The summed E-state index contributed by atoms with van der Waals surface area (Å²) in [6, 6.07) is 13.3. The van der Waals surface area contributed by atoms with Crippen LogP contribution in [0.1, 0.15) is 12.8 Å². The Hall–Kier alpha value is -1.68. The molecule has 0 bridgehead atoms. The zero-order valence-electron chi connectivity index (χ0n) is 10.3. The van der Waals surface area contributed by atoms with Gasteiger partial charge in [0.05, 0.1) is 10.8 Å². The summed E-state index contributed by atoms with van der Waals surface area (Å²) >= 11 is 0. The number of aliphatic carboxylic acids is 1. The third-order valence-electron chi connectivity index (χ3n) is 3.48. The minimum Gasteiger partial charge on any atom is -0.480 e. The number of hydrogen-bond acceptors (Lipinski definition) is 2. The summed E-state index contributed by atoms with van der Waals surface area (Å²) in [5.41, 5.74) is 0. The van der Waals surface area contributed by atoms with Crippen molar-refractivity contribution in [1.82, 2.24) is 0 Å². The third-order valence-corrected chi connectivity index (χ3v) is 5.24. The Morgan fingerprint density at radius 3 is 2.47 bits per heavy atom. The number of hydrogen-bond donors (Lipinski definition) is 1. The summed E-state index contributed by atoms with van der Waals surface area (Å²) in [5.74, 6) is -0.876. The molecule has 0 saturated heterocycles. The van der Waals surface area contributed by atoms with Crippen molar-refractivity contribution in [3.05, 3.63) is 42.5 Å². The van der Waals surface area contributed by atoms with Crippen LogP contribution >= 0.6 is 0 Å². The van der Waals surface area contributed by atoms with Crippen LogP contribution in [0.4, 0.5) is 0 Å². The zero-order valence-corrected chi connectivity index (χ0v) is 11.1. The highest BCUT2D eigenvalue weighted by atomic mass is 32.2. The van der Waals surface area contributed by atoms with Crippen molar-refractivity contribution in [2.75, 3.05) is 0 Å². The molecule has 2 aromatic carbocycles. The summed E-state index contributed by atoms with van der Waals surface area (Å²) in [5, 5.41) is 10.5. The lowest BCUT2D eigenvalue weighted by Crippen LogP contribution is -2.27. The largest absolute Gasteiger partial charge is 0.480 e. The van der Waals surface area contributed by atoms with Gasteiger partial charge in [0, 0.05) is 4.90 Å². The van der Waals surface area contributed by atoms with Crippen LogP contribution in [0.25, 0.3) is 10.8 Å². The standard InChI is InChI=1S/C15H14O3S/c16-15(17)14(11-5-6-11)19(18)13-8-7-10-3-1-2-4-12(10)9-13/h1-4,7-9,11,14H,5-6H2,(H,16,17). The molecule has 1 fully saturated rings. The van der Waals surface area contributed by atoms with E-state index in [0.29, 0.717) is 4.90 Å². The molecule has 2 aromatic rings. The van der Waals surface area contributed by atoms with Gasteiger partial charge in [0.1, 0.15) is 5.25 Å². The molecule has 98 valence electrons. The van der Waals surface area contributed by atoms with Gasteiger partial charge in [0.2, 0.25) is 0 Å². The van der Waals surface area contributed by atoms with Gasteiger partial charge in [-0.3, -0.25) is 9.00 Å². The normalized spacial score (nSPS) is 18.1. The number of fused-ring (bicyclic) bond motifs is 1. The molecule has 0 radical (unpaired) electrons. The van der Waals surface area contributed by atoms with E-state index < -0.39 is 22.0 Å². The Bertz CT molecular complexity index is 661. The second kappa shape index (κ2) is 4.78. The monoisotopic (exact) mass is 274 g/mol. The molecule has 1 aliphatic carbocycles. The van der Waals surface area contributed by atoms with Crippen LogP contribution in [0.3, 0.4) is 0 Å². The first kappa shape index (κ1) is 12.4. The van der Waals surface area contributed by atoms with Crippen molar-refractivity contribution < 1.29 is 14.1 Å². The quantitative estimate of drug-likeness (QED) is 0.932. The fourth-order valence-electron chi connectivity index (χ4n) is 2.31. The van der Waals surface area contributed by atoms with Gasteiger partial charge in [-0.2, -0.15) is 0 Å². The maximum Gasteiger partial charge on any atom is 0.319 e. The molecule has 0 amide bonds. The maximum absolute atomic E-state index is 12.4. The summed E-state index contributed by atoms with van der Waals surface area (Å²) in [6.07, 6.45) is 1.74. The molecule has 1 aliphatic rings. The Kier molecular flexibility index (Phi) is 3.11. The predicted molar refractivity (Wildman–Crippen MR) is 74.5 cm³/mol. The van der Waals surface area contributed by atoms with Crippen LogP contribution in [0, 0.1) is 5.92 Å². The Morgan fingerprint density at radius 2 is 1.84 bits per heavy atom. The summed E-state index contributed by atoms with van der Waals surface area (Å²) < 4.78 is 12.4. The van der Waals surface area contributed by atoms with Gasteiger partial charge in [0.25, 0.3) is 0 Å². The number of carbonyl (C=O) groups is 1. The fraction of sp³-hybridized carbons (Fsp3) is 0.267. The minimum atomic E-state index is -1.47. The van der Waals surface area contributed by atoms with E-state index in [4.69, 9.17) is 0 Å². The second-order valence-corrected chi connectivity index (χ2v) is 6.48. The highest BCUT2D eigenvalue weighted by molar-refractivity contribution is 7.86. The molecular formula is C15H14O3S. The van der Waals surface area contributed by atoms with E-state index in [1.165, 1.54) is 0 Å². The zero-order chi connectivity index (χ0) is 13.4. The van der Waals surface area contributed by atoms with Gasteiger partial charge in [-0.05, 0) is 41.7 Å². The number of benzene rings is 2. The first-order valence-corrected chi connectivity index (χ1v) is 7.50. The average molecular weight is 274 g/mol. The van der Waals surface area contributed by atoms with E-state index in [9.17, 15) is 14.1 Å². The molecule has 3 nitrogen and oxygen atoms in total. The summed E-state index contributed by atoms with van der Waals surface area (Å²) in [6.45, 7) is 0. The highest BCUT2D eigenvalue weighted by Gasteiger charge is 2.41. The van der Waals surface area contributed by atoms with Gasteiger partial charge in [-0.25, -0.2) is 0 Å². The molecule has 0 spiro atoms. The predicted octanol–water partition coefficient (Wildman–Crippen LogP) is 2.81. The van der Waals surface area contributed by atoms with Crippen LogP contribution in [-0.2, 0) is 15.6 Å². The number of rotatable bonds is 4. The second-order valence-electron chi connectivity index (χ2n) is 4.90. The van der Waals surface area contributed by atoms with E-state index in [1.54, 1.807) is 6.07 Å². The molecule has 2 atom stereocenters. The summed E-state index contributed by atoms with van der Waals surface area (Å²) in [4.78, 5) is 11.9. The SMILES string of the molecule is O=C(O)C(C1CC1)S(=O)c1ccc2ccccc2c1. The molecule has 1 saturated carbocycles. The topological polar surface area (TPSA) is 54.4 Å². The Labute approximate surface area is 113 Å². The van der Waals surface area contributed by atoms with Crippen LogP contribution in [0.2, 0.25) is 0 Å². The fourth-order valence-corrected chi connectivity index (χ4v) is 3.85. The first-order chi connectivity index (χ1) is 9.16. The average Bonchev–Trinajstić information content (AvgIpc) is 3.22. The Morgan fingerprint density at radius 1 is 1.16 bits per heavy atom. The van der Waals surface area contributed by atoms with Crippen molar-refractivity contribution >= 4 is 27.5 Å². The van der Waals surface area contributed by atoms with Crippen LogP contribution in [0.5, 0.6) is 0 Å². The van der Waals surface area contributed by atoms with E-state index in [0.717, 1.165) is 23.6 Å². The van der Waals surface area contributed by atoms with Crippen LogP contribution in [-0.4, -0.2) is 20.5 Å². The van der Waals surface area contributed by atoms with Gasteiger partial charge < -0.3 is 5.11 Å². The first-order valence-electron chi connectivity index (χ1n) is 6.29. The van der Waals surface area contributed by atoms with Gasteiger partial charge >= 0.3 is 5.97 Å². The van der Waals surface area contributed by atoms with Gasteiger partial charge in [-0.15, -0.1) is 0 Å². The van der Waals surface area contributed by atoms with E-state index in [1.807, 2.05) is 36.4 Å². The number of carboxylic acid groups (broad SMARTS) is 1. The van der Waals surface area contributed by atoms with Gasteiger partial charge in [-0.1, -0.05) is 30.3 Å². The van der Waals surface area contributed by atoms with E-state index in [-0.39, 0.29) is 5.92 Å². The van der Waals surface area contributed by atoms with Crippen molar-refractivity contribution in [2.45, 2.75) is 23.0 Å².